The van der Waals surface area contributed by atoms with Crippen molar-refractivity contribution in [1.82, 2.24) is 4.90 Å². The Morgan fingerprint density at radius 2 is 1.65 bits per heavy atom. The SMILES string of the molecule is COc1cc(CC(=O)OCC(=O)N2CC=C(c3ccccc3)CC2)cc(OC)c1OC. The number of carbonyl (C=O) groups excluding carboxylic acids is 2. The predicted molar refractivity (Wildman–Crippen MR) is 116 cm³/mol. The molecule has 3 rings (SSSR count). The average Bonchev–Trinajstić information content (AvgIpc) is 2.82. The van der Waals surface area contributed by atoms with Crippen LogP contribution in [0.5, 0.6) is 17.2 Å². The Morgan fingerprint density at radius 1 is 0.968 bits per heavy atom. The fourth-order valence-electron chi connectivity index (χ4n) is 3.50. The normalized spacial score (nSPS) is 13.3. The highest BCUT2D eigenvalue weighted by molar-refractivity contribution is 5.82. The molecule has 2 aromatic rings. The second-order valence-corrected chi connectivity index (χ2v) is 7.06. The van der Waals surface area contributed by atoms with Crippen LogP contribution in [0.4, 0.5) is 0 Å². The molecule has 0 bridgehead atoms. The molecule has 31 heavy (non-hydrogen) atoms. The molecule has 0 spiro atoms. The summed E-state index contributed by atoms with van der Waals surface area (Å²) in [5.41, 5.74) is 3.04. The number of benzene rings is 2. The molecule has 0 aromatic heterocycles. The second-order valence-electron chi connectivity index (χ2n) is 7.06. The molecule has 0 saturated heterocycles. The fraction of sp³-hybridized carbons (Fsp3) is 0.333. The van der Waals surface area contributed by atoms with Crippen LogP contribution in [0.3, 0.4) is 0 Å². The van der Waals surface area contributed by atoms with Gasteiger partial charge in [0.15, 0.2) is 18.1 Å². The molecular weight excluding hydrogens is 398 g/mol. The molecule has 0 fully saturated rings. The summed E-state index contributed by atoms with van der Waals surface area (Å²) >= 11 is 0. The largest absolute Gasteiger partial charge is 0.493 e. The van der Waals surface area contributed by atoms with E-state index in [1.807, 2.05) is 18.2 Å². The first-order chi connectivity index (χ1) is 15.0. The van der Waals surface area contributed by atoms with Crippen LogP contribution in [0.1, 0.15) is 17.5 Å². The quantitative estimate of drug-likeness (QED) is 0.605. The number of nitrogens with zero attached hydrogens (tertiary/aromatic N) is 1. The first-order valence-corrected chi connectivity index (χ1v) is 10.0. The van der Waals surface area contributed by atoms with E-state index in [2.05, 4.69) is 18.2 Å². The lowest BCUT2D eigenvalue weighted by atomic mass is 10.00. The Kier molecular flexibility index (Phi) is 7.54. The first kappa shape index (κ1) is 22.2. The number of carbonyl (C=O) groups is 2. The fourth-order valence-corrected chi connectivity index (χ4v) is 3.50. The van der Waals surface area contributed by atoms with E-state index >= 15 is 0 Å². The highest BCUT2D eigenvalue weighted by Crippen LogP contribution is 2.38. The lowest BCUT2D eigenvalue weighted by Gasteiger charge is -2.26. The first-order valence-electron chi connectivity index (χ1n) is 10.0. The van der Waals surface area contributed by atoms with Crippen LogP contribution >= 0.6 is 0 Å². The topological polar surface area (TPSA) is 74.3 Å². The summed E-state index contributed by atoms with van der Waals surface area (Å²) in [6.07, 6.45) is 2.81. The summed E-state index contributed by atoms with van der Waals surface area (Å²) in [6.45, 7) is 0.829. The molecule has 1 amide bonds. The molecule has 2 aromatic carbocycles. The van der Waals surface area contributed by atoms with Crippen molar-refractivity contribution in [3.8, 4) is 17.2 Å². The summed E-state index contributed by atoms with van der Waals surface area (Å²) in [7, 11) is 4.53. The summed E-state index contributed by atoms with van der Waals surface area (Å²) in [6, 6.07) is 13.5. The van der Waals surface area contributed by atoms with Gasteiger partial charge < -0.3 is 23.8 Å². The van der Waals surface area contributed by atoms with E-state index in [-0.39, 0.29) is 18.9 Å². The Labute approximate surface area is 182 Å². The predicted octanol–water partition coefficient (Wildman–Crippen LogP) is 3.11. The van der Waals surface area contributed by atoms with Crippen molar-refractivity contribution in [2.75, 3.05) is 41.0 Å². The highest BCUT2D eigenvalue weighted by Gasteiger charge is 2.20. The minimum Gasteiger partial charge on any atom is -0.493 e. The summed E-state index contributed by atoms with van der Waals surface area (Å²) in [5.74, 6) is 0.650. The Bertz CT molecular complexity index is 929. The number of ether oxygens (including phenoxy) is 4. The molecule has 1 aliphatic heterocycles. The zero-order chi connectivity index (χ0) is 22.2. The van der Waals surface area contributed by atoms with Crippen LogP contribution < -0.4 is 14.2 Å². The van der Waals surface area contributed by atoms with Crippen molar-refractivity contribution >= 4 is 17.4 Å². The van der Waals surface area contributed by atoms with Gasteiger partial charge in [0.2, 0.25) is 5.75 Å². The van der Waals surface area contributed by atoms with Gasteiger partial charge in [0.1, 0.15) is 0 Å². The van der Waals surface area contributed by atoms with E-state index < -0.39 is 5.97 Å². The van der Waals surface area contributed by atoms with Gasteiger partial charge in [-0.05, 0) is 35.3 Å². The average molecular weight is 425 g/mol. The van der Waals surface area contributed by atoms with Crippen LogP contribution in [0.25, 0.3) is 5.57 Å². The molecule has 1 aliphatic rings. The van der Waals surface area contributed by atoms with E-state index in [1.54, 1.807) is 17.0 Å². The molecule has 0 saturated carbocycles. The Balaban J connectivity index is 1.53. The van der Waals surface area contributed by atoms with Crippen LogP contribution in [-0.4, -0.2) is 57.8 Å². The van der Waals surface area contributed by atoms with E-state index in [0.29, 0.717) is 35.9 Å². The van der Waals surface area contributed by atoms with Crippen molar-refractivity contribution in [2.45, 2.75) is 12.8 Å². The molecular formula is C24H27NO6. The maximum Gasteiger partial charge on any atom is 0.310 e. The summed E-state index contributed by atoms with van der Waals surface area (Å²) in [4.78, 5) is 26.4. The molecule has 7 heteroatoms. The summed E-state index contributed by atoms with van der Waals surface area (Å²) < 4.78 is 21.1. The number of rotatable bonds is 8. The van der Waals surface area contributed by atoms with Gasteiger partial charge in [-0.15, -0.1) is 0 Å². The minimum absolute atomic E-state index is 0.0119. The van der Waals surface area contributed by atoms with Crippen molar-refractivity contribution in [1.29, 1.82) is 0 Å². The van der Waals surface area contributed by atoms with Gasteiger partial charge in [0, 0.05) is 13.1 Å². The lowest BCUT2D eigenvalue weighted by Crippen LogP contribution is -2.37. The monoisotopic (exact) mass is 425 g/mol. The molecule has 0 N–H and O–H groups in total. The zero-order valence-electron chi connectivity index (χ0n) is 18.1. The van der Waals surface area contributed by atoms with E-state index in [9.17, 15) is 9.59 Å². The van der Waals surface area contributed by atoms with Crippen molar-refractivity contribution in [3.05, 3.63) is 59.7 Å². The molecule has 1 heterocycles. The highest BCUT2D eigenvalue weighted by atomic mass is 16.5. The molecule has 7 nitrogen and oxygen atoms in total. The Hall–Kier alpha value is -3.48. The number of methoxy groups -OCH3 is 3. The smallest absolute Gasteiger partial charge is 0.310 e. The molecule has 0 atom stereocenters. The van der Waals surface area contributed by atoms with Gasteiger partial charge in [-0.3, -0.25) is 9.59 Å². The maximum atomic E-state index is 12.4. The van der Waals surface area contributed by atoms with Crippen molar-refractivity contribution in [2.24, 2.45) is 0 Å². The standard InChI is InChI=1S/C24H27NO6/c1-28-20-13-17(14-21(29-2)24(20)30-3)15-23(27)31-16-22(26)25-11-9-19(10-12-25)18-7-5-4-6-8-18/h4-9,13-14H,10-12,15-16H2,1-3H3. The van der Waals surface area contributed by atoms with Crippen LogP contribution in [-0.2, 0) is 20.7 Å². The van der Waals surface area contributed by atoms with Crippen molar-refractivity contribution < 1.29 is 28.5 Å². The third kappa shape index (κ3) is 5.57. The van der Waals surface area contributed by atoms with Gasteiger partial charge in [-0.25, -0.2) is 0 Å². The van der Waals surface area contributed by atoms with E-state index in [0.717, 1.165) is 6.42 Å². The number of esters is 1. The van der Waals surface area contributed by atoms with Crippen molar-refractivity contribution in [3.63, 3.8) is 0 Å². The zero-order valence-corrected chi connectivity index (χ0v) is 18.1. The van der Waals surface area contributed by atoms with E-state index in [4.69, 9.17) is 18.9 Å². The van der Waals surface area contributed by atoms with Crippen LogP contribution in [0.2, 0.25) is 0 Å². The third-order valence-corrected chi connectivity index (χ3v) is 5.14. The molecule has 0 radical (unpaired) electrons. The second kappa shape index (κ2) is 10.5. The number of hydrogen-bond acceptors (Lipinski definition) is 6. The minimum atomic E-state index is -0.500. The van der Waals surface area contributed by atoms with Gasteiger partial charge in [-0.2, -0.15) is 0 Å². The number of amides is 1. The lowest BCUT2D eigenvalue weighted by molar-refractivity contribution is -0.151. The molecule has 0 aliphatic carbocycles. The van der Waals surface area contributed by atoms with Gasteiger partial charge in [-0.1, -0.05) is 36.4 Å². The van der Waals surface area contributed by atoms with E-state index in [1.165, 1.54) is 32.5 Å². The maximum absolute atomic E-state index is 12.4. The Morgan fingerprint density at radius 3 is 2.19 bits per heavy atom. The molecule has 164 valence electrons. The summed E-state index contributed by atoms with van der Waals surface area (Å²) in [5, 5.41) is 0. The third-order valence-electron chi connectivity index (χ3n) is 5.14. The molecule has 0 unspecified atom stereocenters. The van der Waals surface area contributed by atoms with Crippen LogP contribution in [0, 0.1) is 0 Å². The number of hydrogen-bond donors (Lipinski definition) is 0. The van der Waals surface area contributed by atoms with Gasteiger partial charge in [0.05, 0.1) is 27.8 Å². The van der Waals surface area contributed by atoms with Crippen LogP contribution in [0.15, 0.2) is 48.5 Å². The van der Waals surface area contributed by atoms with Gasteiger partial charge >= 0.3 is 5.97 Å². The van der Waals surface area contributed by atoms with Gasteiger partial charge in [0.25, 0.3) is 5.91 Å².